The highest BCUT2D eigenvalue weighted by molar-refractivity contribution is 6.00. The summed E-state index contributed by atoms with van der Waals surface area (Å²) >= 11 is 0. The highest BCUT2D eigenvalue weighted by Crippen LogP contribution is 2.50. The van der Waals surface area contributed by atoms with Crippen molar-refractivity contribution in [1.29, 1.82) is 0 Å². The van der Waals surface area contributed by atoms with Gasteiger partial charge in [0.15, 0.2) is 5.82 Å². The Bertz CT molecular complexity index is 1120. The standard InChI is InChI=1S/C24H30F3N7O3/c1-3-34-17(8-9-31-34)22(36)33-20(19(14-4-5-14)15-6-7-15)23(37)32-18-11-28-16(10-29-18)13(2)21(35)30-12-24(25,26)27/h8-11,13-15,19-20H,3-7,12H2,1-2H3,(H,30,35)(H,33,36)(H,29,32,37)/t13-,20+/m1/s1. The maximum atomic E-state index is 13.4. The largest absolute Gasteiger partial charge is 0.405 e. The molecule has 2 fully saturated rings. The molecule has 0 unspecified atom stereocenters. The van der Waals surface area contributed by atoms with Crippen molar-refractivity contribution < 1.29 is 27.6 Å². The second-order valence-electron chi connectivity index (χ2n) is 9.61. The van der Waals surface area contributed by atoms with E-state index in [-0.39, 0.29) is 23.3 Å². The molecule has 3 amide bonds. The van der Waals surface area contributed by atoms with E-state index in [1.807, 2.05) is 12.2 Å². The molecule has 0 bridgehead atoms. The minimum absolute atomic E-state index is 0.00605. The van der Waals surface area contributed by atoms with E-state index in [1.54, 1.807) is 10.7 Å². The zero-order valence-electron chi connectivity index (χ0n) is 20.6. The fourth-order valence-electron chi connectivity index (χ4n) is 4.53. The van der Waals surface area contributed by atoms with Gasteiger partial charge in [-0.25, -0.2) is 4.98 Å². The molecule has 2 aliphatic carbocycles. The average Bonchev–Trinajstić information content (AvgIpc) is 3.81. The van der Waals surface area contributed by atoms with Gasteiger partial charge in [-0.05, 0) is 63.4 Å². The number of hydrogen-bond donors (Lipinski definition) is 3. The third-order valence-electron chi connectivity index (χ3n) is 6.76. The van der Waals surface area contributed by atoms with Crippen LogP contribution in [0.4, 0.5) is 19.0 Å². The van der Waals surface area contributed by atoms with Crippen LogP contribution in [0.1, 0.15) is 61.6 Å². The summed E-state index contributed by atoms with van der Waals surface area (Å²) in [6.45, 7) is 2.35. The summed E-state index contributed by atoms with van der Waals surface area (Å²) in [6, 6.07) is 0.828. The molecule has 2 aromatic rings. The molecule has 37 heavy (non-hydrogen) atoms. The number of carbonyl (C=O) groups is 3. The van der Waals surface area contributed by atoms with Crippen molar-refractivity contribution in [2.45, 2.75) is 64.2 Å². The summed E-state index contributed by atoms with van der Waals surface area (Å²) < 4.78 is 38.7. The molecule has 0 spiro atoms. The van der Waals surface area contributed by atoms with E-state index in [2.05, 4.69) is 25.7 Å². The number of aromatic nitrogens is 4. The first-order valence-corrected chi connectivity index (χ1v) is 12.4. The second-order valence-corrected chi connectivity index (χ2v) is 9.61. The highest BCUT2D eigenvalue weighted by atomic mass is 19.4. The summed E-state index contributed by atoms with van der Waals surface area (Å²) in [7, 11) is 0. The fraction of sp³-hybridized carbons (Fsp3) is 0.583. The first-order chi connectivity index (χ1) is 17.6. The Hall–Kier alpha value is -3.51. The van der Waals surface area contributed by atoms with Gasteiger partial charge >= 0.3 is 6.18 Å². The molecule has 0 radical (unpaired) electrons. The van der Waals surface area contributed by atoms with Gasteiger partial charge < -0.3 is 16.0 Å². The van der Waals surface area contributed by atoms with Crippen LogP contribution in [0.15, 0.2) is 24.7 Å². The number of aryl methyl sites for hydroxylation is 1. The van der Waals surface area contributed by atoms with Crippen molar-refractivity contribution in [2.24, 2.45) is 17.8 Å². The lowest BCUT2D eigenvalue weighted by Gasteiger charge is -2.27. The summed E-state index contributed by atoms with van der Waals surface area (Å²) in [4.78, 5) is 46.7. The molecule has 200 valence electrons. The Kier molecular flexibility index (Phi) is 7.79. The van der Waals surface area contributed by atoms with Gasteiger partial charge in [0, 0.05) is 12.7 Å². The summed E-state index contributed by atoms with van der Waals surface area (Å²) in [5.74, 6) is -1.76. The van der Waals surface area contributed by atoms with Crippen molar-refractivity contribution >= 4 is 23.5 Å². The summed E-state index contributed by atoms with van der Waals surface area (Å²) in [5, 5.41) is 11.6. The molecule has 0 saturated heterocycles. The quantitative estimate of drug-likeness (QED) is 0.417. The van der Waals surface area contributed by atoms with Crippen molar-refractivity contribution in [3.05, 3.63) is 36.0 Å². The van der Waals surface area contributed by atoms with Gasteiger partial charge in [-0.1, -0.05) is 0 Å². The lowest BCUT2D eigenvalue weighted by Crippen LogP contribution is -2.50. The topological polar surface area (TPSA) is 131 Å². The Morgan fingerprint density at radius 1 is 1.08 bits per heavy atom. The van der Waals surface area contributed by atoms with Crippen molar-refractivity contribution in [3.8, 4) is 0 Å². The van der Waals surface area contributed by atoms with E-state index >= 15 is 0 Å². The van der Waals surface area contributed by atoms with Crippen LogP contribution in [0.3, 0.4) is 0 Å². The monoisotopic (exact) mass is 521 g/mol. The van der Waals surface area contributed by atoms with Crippen molar-refractivity contribution in [2.75, 3.05) is 11.9 Å². The Balaban J connectivity index is 1.45. The van der Waals surface area contributed by atoms with Crippen LogP contribution in [0.5, 0.6) is 0 Å². The number of carbonyl (C=O) groups excluding carboxylic acids is 3. The second kappa shape index (κ2) is 10.9. The molecule has 0 aliphatic heterocycles. The van der Waals surface area contributed by atoms with Crippen LogP contribution in [0.2, 0.25) is 0 Å². The number of nitrogens with one attached hydrogen (secondary N) is 3. The number of amides is 3. The molecule has 2 atom stereocenters. The van der Waals surface area contributed by atoms with Crippen LogP contribution in [-0.2, 0) is 16.1 Å². The minimum Gasteiger partial charge on any atom is -0.346 e. The number of hydrogen-bond acceptors (Lipinski definition) is 6. The normalized spacial score (nSPS) is 17.2. The molecule has 10 nitrogen and oxygen atoms in total. The lowest BCUT2D eigenvalue weighted by molar-refractivity contribution is -0.139. The fourth-order valence-corrected chi connectivity index (χ4v) is 4.53. The molecule has 13 heteroatoms. The van der Waals surface area contributed by atoms with E-state index in [9.17, 15) is 27.6 Å². The third kappa shape index (κ3) is 6.83. The van der Waals surface area contributed by atoms with Crippen molar-refractivity contribution in [3.63, 3.8) is 0 Å². The predicted octanol–water partition coefficient (Wildman–Crippen LogP) is 2.65. The maximum Gasteiger partial charge on any atom is 0.405 e. The SMILES string of the molecule is CCn1nccc1C(=O)N[C@H](C(=O)Nc1cnc([C@@H](C)C(=O)NCC(F)(F)F)cn1)C(C1CC1)C1CC1. The first-order valence-electron chi connectivity index (χ1n) is 12.4. The van der Waals surface area contributed by atoms with Crippen LogP contribution in [-0.4, -0.2) is 56.2 Å². The number of nitrogens with zero attached hydrogens (tertiary/aromatic N) is 4. The zero-order valence-corrected chi connectivity index (χ0v) is 20.6. The molecule has 0 aromatic carbocycles. The zero-order chi connectivity index (χ0) is 26.7. The van der Waals surface area contributed by atoms with Crippen LogP contribution in [0, 0.1) is 17.8 Å². The summed E-state index contributed by atoms with van der Waals surface area (Å²) in [5.41, 5.74) is 0.525. The first kappa shape index (κ1) is 26.6. The Morgan fingerprint density at radius 3 is 2.30 bits per heavy atom. The molecular weight excluding hydrogens is 491 g/mol. The summed E-state index contributed by atoms with van der Waals surface area (Å²) in [6.07, 6.45) is 3.54. The van der Waals surface area contributed by atoms with E-state index in [0.29, 0.717) is 24.1 Å². The van der Waals surface area contributed by atoms with E-state index in [1.165, 1.54) is 25.5 Å². The van der Waals surface area contributed by atoms with E-state index in [0.717, 1.165) is 25.7 Å². The number of anilines is 1. The van der Waals surface area contributed by atoms with Gasteiger partial charge in [-0.15, -0.1) is 0 Å². The Labute approximate surface area is 211 Å². The third-order valence-corrected chi connectivity index (χ3v) is 6.76. The average molecular weight is 522 g/mol. The number of halogens is 3. The van der Waals surface area contributed by atoms with Gasteiger partial charge in [0.25, 0.3) is 5.91 Å². The molecule has 2 saturated carbocycles. The molecule has 4 rings (SSSR count). The molecule has 2 aromatic heterocycles. The Morgan fingerprint density at radius 2 is 1.76 bits per heavy atom. The molecule has 2 aliphatic rings. The van der Waals surface area contributed by atoms with Crippen molar-refractivity contribution in [1.82, 2.24) is 30.4 Å². The lowest BCUT2D eigenvalue weighted by atomic mass is 9.88. The maximum absolute atomic E-state index is 13.4. The van der Waals surface area contributed by atoms with Gasteiger partial charge in [0.05, 0.1) is 24.0 Å². The van der Waals surface area contributed by atoms with E-state index in [4.69, 9.17) is 0 Å². The number of alkyl halides is 3. The van der Waals surface area contributed by atoms with Crippen LogP contribution >= 0.6 is 0 Å². The van der Waals surface area contributed by atoms with Crippen LogP contribution < -0.4 is 16.0 Å². The van der Waals surface area contributed by atoms with E-state index < -0.39 is 36.5 Å². The number of rotatable bonds is 11. The van der Waals surface area contributed by atoms with Gasteiger partial charge in [0.1, 0.15) is 18.3 Å². The van der Waals surface area contributed by atoms with Gasteiger partial charge in [-0.2, -0.15) is 18.3 Å². The molecule has 2 heterocycles. The van der Waals surface area contributed by atoms with Gasteiger partial charge in [-0.3, -0.25) is 24.0 Å². The van der Waals surface area contributed by atoms with Crippen LogP contribution in [0.25, 0.3) is 0 Å². The molecular formula is C24H30F3N7O3. The highest BCUT2D eigenvalue weighted by Gasteiger charge is 2.48. The van der Waals surface area contributed by atoms with Gasteiger partial charge in [0.2, 0.25) is 11.8 Å². The smallest absolute Gasteiger partial charge is 0.346 e. The molecule has 3 N–H and O–H groups in total. The minimum atomic E-state index is -4.52. The predicted molar refractivity (Wildman–Crippen MR) is 126 cm³/mol.